The highest BCUT2D eigenvalue weighted by Gasteiger charge is 2.24. The molecule has 2 aromatic rings. The number of thiophene rings is 1. The van der Waals surface area contributed by atoms with Crippen molar-refractivity contribution in [1.82, 2.24) is 19.7 Å². The number of piperidine rings is 1. The Balaban J connectivity index is 1.61. The molecule has 0 bridgehead atoms. The molecule has 1 saturated heterocycles. The van der Waals surface area contributed by atoms with Crippen LogP contribution in [0.15, 0.2) is 28.4 Å². The molecule has 0 aliphatic carbocycles. The van der Waals surface area contributed by atoms with Gasteiger partial charge in [0.05, 0.1) is 0 Å². The number of H-pyrrole nitrogens is 1. The van der Waals surface area contributed by atoms with Gasteiger partial charge in [-0.15, -0.1) is 11.3 Å². The molecule has 24 heavy (non-hydrogen) atoms. The maximum Gasteiger partial charge on any atom is 0.343 e. The van der Waals surface area contributed by atoms with Crippen molar-refractivity contribution in [3.05, 3.63) is 44.8 Å². The normalized spacial score (nSPS) is 18.4. The van der Waals surface area contributed by atoms with Gasteiger partial charge in [0.15, 0.2) is 0 Å². The smallest absolute Gasteiger partial charge is 0.339 e. The third-order valence-electron chi connectivity index (χ3n) is 4.39. The molecule has 6 nitrogen and oxygen atoms in total. The molecule has 1 N–H and O–H groups in total. The van der Waals surface area contributed by atoms with Crippen LogP contribution in [-0.4, -0.2) is 38.7 Å². The molecule has 3 heterocycles. The van der Waals surface area contributed by atoms with Gasteiger partial charge in [-0.2, -0.15) is 5.10 Å². The monoisotopic (exact) mass is 346 g/mol. The van der Waals surface area contributed by atoms with E-state index in [9.17, 15) is 9.59 Å². The van der Waals surface area contributed by atoms with E-state index in [0.29, 0.717) is 12.5 Å². The Kier molecular flexibility index (Phi) is 5.30. The van der Waals surface area contributed by atoms with E-state index in [-0.39, 0.29) is 11.6 Å². The van der Waals surface area contributed by atoms with Gasteiger partial charge in [-0.25, -0.2) is 9.89 Å². The second-order valence-corrected chi connectivity index (χ2v) is 7.01. The minimum atomic E-state index is -0.157. The zero-order valence-electron chi connectivity index (χ0n) is 13.8. The fourth-order valence-electron chi connectivity index (χ4n) is 3.17. The largest absolute Gasteiger partial charge is 0.343 e. The molecular formula is C17H22N4O2S. The van der Waals surface area contributed by atoms with Crippen molar-refractivity contribution in [2.75, 3.05) is 13.1 Å². The van der Waals surface area contributed by atoms with Crippen molar-refractivity contribution in [3.8, 4) is 0 Å². The first kappa shape index (κ1) is 16.7. The number of rotatable bonds is 5. The van der Waals surface area contributed by atoms with Crippen LogP contribution in [0.25, 0.3) is 6.08 Å². The molecule has 1 amide bonds. The van der Waals surface area contributed by atoms with Gasteiger partial charge < -0.3 is 4.90 Å². The summed E-state index contributed by atoms with van der Waals surface area (Å²) in [5, 5.41) is 8.64. The van der Waals surface area contributed by atoms with Crippen LogP contribution in [-0.2, 0) is 17.8 Å². The van der Waals surface area contributed by atoms with Crippen molar-refractivity contribution < 1.29 is 4.79 Å². The number of amides is 1. The maximum absolute atomic E-state index is 12.4. The van der Waals surface area contributed by atoms with E-state index in [1.165, 1.54) is 0 Å². The molecule has 2 aromatic heterocycles. The van der Waals surface area contributed by atoms with Crippen molar-refractivity contribution >= 4 is 23.3 Å². The van der Waals surface area contributed by atoms with Crippen molar-refractivity contribution in [2.45, 2.75) is 32.7 Å². The number of hydrogen-bond donors (Lipinski definition) is 1. The van der Waals surface area contributed by atoms with Crippen LogP contribution in [0.3, 0.4) is 0 Å². The summed E-state index contributed by atoms with van der Waals surface area (Å²) in [5.74, 6) is 1.19. The van der Waals surface area contributed by atoms with Crippen molar-refractivity contribution in [2.24, 2.45) is 5.92 Å². The molecule has 1 fully saturated rings. The molecule has 1 aliphatic rings. The SMILES string of the molecule is CCn1c(CC2CCCN(C(=O)/C=C\c3cccs3)C2)n[nH]c1=O. The summed E-state index contributed by atoms with van der Waals surface area (Å²) < 4.78 is 1.66. The van der Waals surface area contributed by atoms with Crippen LogP contribution >= 0.6 is 11.3 Å². The minimum Gasteiger partial charge on any atom is -0.339 e. The number of nitrogens with one attached hydrogen (secondary N) is 1. The van der Waals surface area contributed by atoms with E-state index in [1.54, 1.807) is 22.0 Å². The fraction of sp³-hybridized carbons (Fsp3) is 0.471. The van der Waals surface area contributed by atoms with Crippen LogP contribution in [0, 0.1) is 5.92 Å². The van der Waals surface area contributed by atoms with E-state index in [4.69, 9.17) is 0 Å². The second-order valence-electron chi connectivity index (χ2n) is 6.03. The van der Waals surface area contributed by atoms with Gasteiger partial charge in [-0.05, 0) is 43.2 Å². The van der Waals surface area contributed by atoms with Crippen LogP contribution < -0.4 is 5.69 Å². The van der Waals surface area contributed by atoms with E-state index < -0.39 is 0 Å². The summed E-state index contributed by atoms with van der Waals surface area (Å²) in [6, 6.07) is 3.97. The van der Waals surface area contributed by atoms with Gasteiger partial charge in [0, 0.05) is 37.0 Å². The lowest BCUT2D eigenvalue weighted by atomic mass is 9.94. The highest BCUT2D eigenvalue weighted by Crippen LogP contribution is 2.20. The summed E-state index contributed by atoms with van der Waals surface area (Å²) in [7, 11) is 0. The number of aromatic amines is 1. The third kappa shape index (κ3) is 3.84. The summed E-state index contributed by atoms with van der Waals surface area (Å²) in [6.45, 7) is 4.07. The van der Waals surface area contributed by atoms with E-state index in [2.05, 4.69) is 10.2 Å². The van der Waals surface area contributed by atoms with Gasteiger partial charge in [0.25, 0.3) is 0 Å². The first-order valence-electron chi connectivity index (χ1n) is 8.32. The molecule has 1 aliphatic heterocycles. The first-order chi connectivity index (χ1) is 11.7. The lowest BCUT2D eigenvalue weighted by Crippen LogP contribution is -2.40. The fourth-order valence-corrected chi connectivity index (χ4v) is 3.79. The summed E-state index contributed by atoms with van der Waals surface area (Å²) in [5.41, 5.74) is -0.157. The molecule has 1 unspecified atom stereocenters. The Labute approximate surface area is 144 Å². The van der Waals surface area contributed by atoms with Crippen LogP contribution in [0.4, 0.5) is 0 Å². The van der Waals surface area contributed by atoms with Gasteiger partial charge in [0.1, 0.15) is 5.82 Å². The first-order valence-corrected chi connectivity index (χ1v) is 9.20. The molecule has 7 heteroatoms. The molecule has 3 rings (SSSR count). The molecule has 0 aromatic carbocycles. The number of likely N-dealkylation sites (tertiary alicyclic amines) is 1. The molecule has 0 saturated carbocycles. The van der Waals surface area contributed by atoms with Crippen LogP contribution in [0.5, 0.6) is 0 Å². The van der Waals surface area contributed by atoms with Gasteiger partial charge in [-0.3, -0.25) is 9.36 Å². The highest BCUT2D eigenvalue weighted by atomic mass is 32.1. The lowest BCUT2D eigenvalue weighted by molar-refractivity contribution is -0.127. The molecular weight excluding hydrogens is 324 g/mol. The number of aromatic nitrogens is 3. The van der Waals surface area contributed by atoms with Crippen molar-refractivity contribution in [3.63, 3.8) is 0 Å². The van der Waals surface area contributed by atoms with E-state index in [0.717, 1.165) is 43.1 Å². The van der Waals surface area contributed by atoms with E-state index in [1.807, 2.05) is 35.4 Å². The number of carbonyl (C=O) groups is 1. The average molecular weight is 346 g/mol. The average Bonchev–Trinajstić information content (AvgIpc) is 3.23. The Morgan fingerprint density at radius 3 is 3.17 bits per heavy atom. The quantitative estimate of drug-likeness (QED) is 0.843. The molecule has 1 atom stereocenters. The highest BCUT2D eigenvalue weighted by molar-refractivity contribution is 7.10. The predicted octanol–water partition coefficient (Wildman–Crippen LogP) is 2.15. The van der Waals surface area contributed by atoms with Crippen LogP contribution in [0.1, 0.15) is 30.5 Å². The Hall–Kier alpha value is -2.15. The second kappa shape index (κ2) is 7.61. The molecule has 128 valence electrons. The maximum atomic E-state index is 12.4. The van der Waals surface area contributed by atoms with Gasteiger partial charge in [0.2, 0.25) is 5.91 Å². The summed E-state index contributed by atoms with van der Waals surface area (Å²) >= 11 is 1.62. The number of nitrogens with zero attached hydrogens (tertiary/aromatic N) is 3. The van der Waals surface area contributed by atoms with Gasteiger partial charge >= 0.3 is 5.69 Å². The topological polar surface area (TPSA) is 71.0 Å². The number of hydrogen-bond acceptors (Lipinski definition) is 4. The standard InChI is InChI=1S/C17H22N4O2S/c1-2-21-15(18-19-17(21)23)11-13-5-3-9-20(12-13)16(22)8-7-14-6-4-10-24-14/h4,6-8,10,13H,2-3,5,9,11-12H2,1H3,(H,19,23)/b8-7-. The zero-order valence-corrected chi connectivity index (χ0v) is 14.6. The summed E-state index contributed by atoms with van der Waals surface area (Å²) in [6.07, 6.45) is 6.31. The van der Waals surface area contributed by atoms with Gasteiger partial charge in [-0.1, -0.05) is 6.07 Å². The molecule has 0 radical (unpaired) electrons. The number of carbonyl (C=O) groups excluding carboxylic acids is 1. The minimum absolute atomic E-state index is 0.0583. The lowest BCUT2D eigenvalue weighted by Gasteiger charge is -2.32. The Morgan fingerprint density at radius 1 is 1.54 bits per heavy atom. The van der Waals surface area contributed by atoms with Crippen LogP contribution in [0.2, 0.25) is 0 Å². The molecule has 0 spiro atoms. The van der Waals surface area contributed by atoms with Crippen molar-refractivity contribution in [1.29, 1.82) is 0 Å². The van der Waals surface area contributed by atoms with E-state index >= 15 is 0 Å². The Bertz CT molecular complexity index is 760. The summed E-state index contributed by atoms with van der Waals surface area (Å²) in [4.78, 5) is 27.0. The predicted molar refractivity (Wildman–Crippen MR) is 94.9 cm³/mol. The Morgan fingerprint density at radius 2 is 2.42 bits per heavy atom. The zero-order chi connectivity index (χ0) is 16.9. The third-order valence-corrected chi connectivity index (χ3v) is 5.23.